The maximum Gasteiger partial charge on any atom is 0.164 e. The molecule has 4 nitrogen and oxygen atoms in total. The summed E-state index contributed by atoms with van der Waals surface area (Å²) in [5.41, 5.74) is 27.4. The third-order valence-corrected chi connectivity index (χ3v) is 20.6. The van der Waals surface area contributed by atoms with Crippen molar-refractivity contribution in [1.82, 2.24) is 19.5 Å². The zero-order chi connectivity index (χ0) is 61.1. The highest BCUT2D eigenvalue weighted by molar-refractivity contribution is 7.25. The molecule has 0 aliphatic heterocycles. The van der Waals surface area contributed by atoms with Gasteiger partial charge in [0.15, 0.2) is 17.5 Å². The monoisotopic (exact) mass is 1200 g/mol. The van der Waals surface area contributed by atoms with Crippen molar-refractivity contribution in [2.24, 2.45) is 0 Å². The molecule has 19 rings (SSSR count). The van der Waals surface area contributed by atoms with Crippen LogP contribution in [0.2, 0.25) is 0 Å². The fourth-order valence-corrected chi connectivity index (χ4v) is 16.4. The lowest BCUT2D eigenvalue weighted by Gasteiger charge is -2.30. The largest absolute Gasteiger partial charge is 0.309 e. The second kappa shape index (κ2) is 21.1. The molecule has 0 atom stereocenters. The van der Waals surface area contributed by atoms with E-state index < -0.39 is 5.41 Å². The number of thiophene rings is 1. The highest BCUT2D eigenvalue weighted by Gasteiger charge is 2.51. The molecular weight excluding hydrogens is 1150 g/mol. The Hall–Kier alpha value is -11.9. The summed E-state index contributed by atoms with van der Waals surface area (Å²) >= 11 is 1.81. The molecule has 0 saturated carbocycles. The van der Waals surface area contributed by atoms with Gasteiger partial charge in [0.1, 0.15) is 0 Å². The first-order valence-corrected chi connectivity index (χ1v) is 32.6. The first kappa shape index (κ1) is 53.0. The van der Waals surface area contributed by atoms with Crippen LogP contribution in [0.3, 0.4) is 0 Å². The summed E-state index contributed by atoms with van der Waals surface area (Å²) < 4.78 is 4.98. The smallest absolute Gasteiger partial charge is 0.164 e. The molecule has 17 aromatic rings. The molecule has 3 aromatic heterocycles. The molecule has 2 aliphatic carbocycles. The van der Waals surface area contributed by atoms with Crippen LogP contribution in [0.4, 0.5) is 0 Å². The number of benzene rings is 14. The fourth-order valence-electron chi connectivity index (χ4n) is 15.3. The Balaban J connectivity index is 0.790. The van der Waals surface area contributed by atoms with Crippen molar-refractivity contribution in [2.75, 3.05) is 0 Å². The molecule has 0 saturated heterocycles. The number of hydrogen-bond acceptors (Lipinski definition) is 4. The van der Waals surface area contributed by atoms with E-state index in [0.717, 1.165) is 83.5 Å². The second-order valence-corrected chi connectivity index (χ2v) is 25.6. The minimum atomic E-state index is -0.483. The van der Waals surface area contributed by atoms with E-state index in [-0.39, 0.29) is 0 Å². The van der Waals surface area contributed by atoms with Crippen LogP contribution < -0.4 is 0 Å². The van der Waals surface area contributed by atoms with Crippen molar-refractivity contribution in [2.45, 2.75) is 5.41 Å². The maximum atomic E-state index is 5.48. The fraction of sp³-hybridized carbons (Fsp3) is 0.0114. The van der Waals surface area contributed by atoms with Crippen molar-refractivity contribution >= 4 is 53.3 Å². The third-order valence-electron chi connectivity index (χ3n) is 19.4. The zero-order valence-corrected chi connectivity index (χ0v) is 51.2. The van der Waals surface area contributed by atoms with Crippen LogP contribution in [0.15, 0.2) is 328 Å². The van der Waals surface area contributed by atoms with Crippen LogP contribution in [0.25, 0.3) is 160 Å². The topological polar surface area (TPSA) is 43.6 Å². The van der Waals surface area contributed by atoms with E-state index in [4.69, 9.17) is 15.0 Å². The van der Waals surface area contributed by atoms with Gasteiger partial charge in [-0.1, -0.05) is 243 Å². The molecule has 3 heterocycles. The number of rotatable bonds is 9. The minimum Gasteiger partial charge on any atom is -0.309 e. The summed E-state index contributed by atoms with van der Waals surface area (Å²) in [6, 6.07) is 120. The lowest BCUT2D eigenvalue weighted by atomic mass is 9.70. The lowest BCUT2D eigenvalue weighted by molar-refractivity contribution is 0.792. The summed E-state index contributed by atoms with van der Waals surface area (Å²) in [7, 11) is 0. The predicted molar refractivity (Wildman–Crippen MR) is 387 cm³/mol. The van der Waals surface area contributed by atoms with E-state index in [0.29, 0.717) is 17.5 Å². The van der Waals surface area contributed by atoms with Gasteiger partial charge in [0.05, 0.1) is 16.4 Å². The summed E-state index contributed by atoms with van der Waals surface area (Å²) in [5.74, 6) is 1.81. The van der Waals surface area contributed by atoms with Crippen LogP contribution in [0, 0.1) is 0 Å². The number of aromatic nitrogens is 4. The molecular formula is C88H54N4S. The van der Waals surface area contributed by atoms with E-state index in [1.165, 1.54) is 81.0 Å². The third kappa shape index (κ3) is 8.41. The van der Waals surface area contributed by atoms with Gasteiger partial charge in [-0.2, -0.15) is 0 Å². The summed E-state index contributed by atoms with van der Waals surface area (Å²) in [5, 5.41) is 4.77. The van der Waals surface area contributed by atoms with Gasteiger partial charge >= 0.3 is 0 Å². The van der Waals surface area contributed by atoms with E-state index >= 15 is 0 Å². The van der Waals surface area contributed by atoms with Gasteiger partial charge in [-0.25, -0.2) is 15.0 Å². The Morgan fingerprint density at radius 1 is 0.237 bits per heavy atom. The molecule has 5 heteroatoms. The Morgan fingerprint density at radius 2 is 0.656 bits per heavy atom. The molecule has 2 aliphatic rings. The average Bonchev–Trinajstić information content (AvgIpc) is 1.51. The van der Waals surface area contributed by atoms with Crippen molar-refractivity contribution in [1.29, 1.82) is 0 Å². The Morgan fingerprint density at radius 3 is 1.28 bits per heavy atom. The van der Waals surface area contributed by atoms with E-state index in [1.54, 1.807) is 0 Å². The number of fused-ring (bicyclic) bond motifs is 16. The van der Waals surface area contributed by atoms with E-state index in [9.17, 15) is 0 Å². The molecule has 0 N–H and O–H groups in total. The number of hydrogen-bond donors (Lipinski definition) is 0. The van der Waals surface area contributed by atoms with Crippen LogP contribution in [0.5, 0.6) is 0 Å². The lowest BCUT2D eigenvalue weighted by Crippen LogP contribution is -2.26. The highest BCUT2D eigenvalue weighted by atomic mass is 32.1. The second-order valence-electron chi connectivity index (χ2n) is 24.6. The predicted octanol–water partition coefficient (Wildman–Crippen LogP) is 23.0. The van der Waals surface area contributed by atoms with Gasteiger partial charge in [-0.15, -0.1) is 11.3 Å². The summed E-state index contributed by atoms with van der Waals surface area (Å²) in [6.45, 7) is 0. The van der Waals surface area contributed by atoms with Gasteiger partial charge in [0, 0.05) is 53.3 Å². The molecule has 1 spiro atoms. The van der Waals surface area contributed by atoms with Crippen molar-refractivity contribution in [3.8, 4) is 118 Å². The van der Waals surface area contributed by atoms with E-state index in [1.807, 2.05) is 11.3 Å². The molecule has 0 fully saturated rings. The Labute approximate surface area is 542 Å². The quantitative estimate of drug-likeness (QED) is 0.145. The van der Waals surface area contributed by atoms with Crippen LogP contribution in [-0.4, -0.2) is 19.5 Å². The Bertz CT molecular complexity index is 5760. The summed E-state index contributed by atoms with van der Waals surface area (Å²) in [4.78, 5) is 16.4. The van der Waals surface area contributed by atoms with Crippen molar-refractivity contribution in [3.63, 3.8) is 0 Å². The molecule has 432 valence electrons. The molecule has 0 unspecified atom stereocenters. The zero-order valence-electron chi connectivity index (χ0n) is 50.4. The van der Waals surface area contributed by atoms with Crippen LogP contribution >= 0.6 is 11.3 Å². The van der Waals surface area contributed by atoms with Gasteiger partial charge in [-0.3, -0.25) is 0 Å². The minimum absolute atomic E-state index is 0.483. The van der Waals surface area contributed by atoms with Gasteiger partial charge in [0.25, 0.3) is 0 Å². The van der Waals surface area contributed by atoms with Gasteiger partial charge in [0.2, 0.25) is 0 Å². The number of nitrogens with zero attached hydrogens (tertiary/aromatic N) is 4. The molecule has 0 bridgehead atoms. The van der Waals surface area contributed by atoms with Crippen molar-refractivity contribution in [3.05, 3.63) is 350 Å². The first-order chi connectivity index (χ1) is 46.1. The first-order valence-electron chi connectivity index (χ1n) is 31.8. The Kier molecular flexibility index (Phi) is 12.0. The molecule has 14 aromatic carbocycles. The van der Waals surface area contributed by atoms with Crippen LogP contribution in [0.1, 0.15) is 22.3 Å². The molecule has 0 radical (unpaired) electrons. The van der Waals surface area contributed by atoms with E-state index in [2.05, 4.69) is 332 Å². The van der Waals surface area contributed by atoms with Gasteiger partial charge in [-0.05, 0) is 185 Å². The SMILES string of the molecule is c1ccc(-c2cc(-c3ccccc3)cc(-c3cccc(-c4nc(-c5cccc(-c6cccc7c6c6cc(-c8ccccc8)ccc6n7-c6ccc7c(c6)C6(c8ccccc8-c8ccccc86)c6ccccc6-7)c5)nc(-c5ccc6sc7ccccc7c6c5)n4)c3)c2)cc1. The standard InChI is InChI=1S/C88H54N4S/c1-4-21-55(22-5-1)59-41-45-80-75(52-59)84-68(35-20-39-81(84)92(80)67-43-44-72-71-33-12-16-38-78(71)88(79(72)54-67)76-36-14-10-31-69(76)70-32-11-15-37-77(70)88)60-28-19-30-62(48-60)86-89-85(90-87(91-86)63-42-46-83-74(53-63)73-34-13-17-40-82(73)93-83)61-29-18-27-58(47-61)66-50-64(56-23-6-2-7-24-56)49-65(51-66)57-25-8-3-9-26-57/h1-54H. The summed E-state index contributed by atoms with van der Waals surface area (Å²) in [6.07, 6.45) is 0. The maximum absolute atomic E-state index is 5.48. The van der Waals surface area contributed by atoms with Gasteiger partial charge < -0.3 is 4.57 Å². The van der Waals surface area contributed by atoms with Crippen LogP contribution in [-0.2, 0) is 5.41 Å². The normalized spacial score (nSPS) is 12.6. The highest BCUT2D eigenvalue weighted by Crippen LogP contribution is 2.63. The van der Waals surface area contributed by atoms with Crippen molar-refractivity contribution < 1.29 is 0 Å². The molecule has 0 amide bonds. The average molecular weight is 1200 g/mol. The molecule has 93 heavy (non-hydrogen) atoms.